The van der Waals surface area contributed by atoms with Crippen molar-refractivity contribution in [3.8, 4) is 11.8 Å². The third-order valence-electron chi connectivity index (χ3n) is 2.70. The monoisotopic (exact) mass is 320 g/mol. The first-order chi connectivity index (χ1) is 10.1. The van der Waals surface area contributed by atoms with Crippen LogP contribution >= 0.6 is 22.9 Å². The average Bonchev–Trinajstić information content (AvgIpc) is 3.00. The predicted molar refractivity (Wildman–Crippen MR) is 83.4 cm³/mol. The molecule has 0 fully saturated rings. The third kappa shape index (κ3) is 4.05. The molecule has 4 nitrogen and oxygen atoms in total. The topological polar surface area (TPSA) is 62.2 Å². The molecule has 0 radical (unpaired) electrons. The Morgan fingerprint density at radius 2 is 2.38 bits per heavy atom. The summed E-state index contributed by atoms with van der Waals surface area (Å²) < 4.78 is 0. The van der Waals surface area contributed by atoms with Crippen LogP contribution in [0, 0.1) is 11.8 Å². The van der Waals surface area contributed by atoms with Crippen LogP contribution in [-0.2, 0) is 0 Å². The normalized spacial score (nSPS) is 11.4. The van der Waals surface area contributed by atoms with E-state index in [-0.39, 0.29) is 18.6 Å². The van der Waals surface area contributed by atoms with Crippen LogP contribution < -0.4 is 5.32 Å². The number of aliphatic hydroxyl groups excluding tert-OH is 1. The third-order valence-corrected chi connectivity index (χ3v) is 3.97. The summed E-state index contributed by atoms with van der Waals surface area (Å²) in [5.74, 6) is 5.02. The molecule has 108 valence electrons. The number of hydrogen-bond acceptors (Lipinski definition) is 4. The second-order valence-electron chi connectivity index (χ2n) is 4.22. The van der Waals surface area contributed by atoms with E-state index < -0.39 is 0 Å². The highest BCUT2D eigenvalue weighted by molar-refractivity contribution is 7.09. The lowest BCUT2D eigenvalue weighted by molar-refractivity contribution is 0.0940. The average molecular weight is 321 g/mol. The van der Waals surface area contributed by atoms with E-state index in [0.717, 1.165) is 5.01 Å². The smallest absolute Gasteiger partial charge is 0.251 e. The molecule has 0 aliphatic rings. The van der Waals surface area contributed by atoms with Crippen molar-refractivity contribution in [1.29, 1.82) is 0 Å². The highest BCUT2D eigenvalue weighted by Gasteiger charge is 2.14. The van der Waals surface area contributed by atoms with Crippen molar-refractivity contribution in [3.05, 3.63) is 50.9 Å². The number of nitrogens with one attached hydrogen (secondary N) is 1. The number of benzene rings is 1. The molecule has 1 aromatic heterocycles. The molecule has 0 spiro atoms. The van der Waals surface area contributed by atoms with Gasteiger partial charge < -0.3 is 10.4 Å². The Kier molecular flexibility index (Phi) is 5.34. The summed E-state index contributed by atoms with van der Waals surface area (Å²) in [6, 6.07) is 4.71. The summed E-state index contributed by atoms with van der Waals surface area (Å²) in [6.45, 7) is 1.64. The van der Waals surface area contributed by atoms with E-state index >= 15 is 0 Å². The molecular weight excluding hydrogens is 308 g/mol. The van der Waals surface area contributed by atoms with Gasteiger partial charge in [-0.1, -0.05) is 23.4 Å². The van der Waals surface area contributed by atoms with Crippen LogP contribution in [0.25, 0.3) is 0 Å². The fraction of sp³-hybridized carbons (Fsp3) is 0.200. The van der Waals surface area contributed by atoms with E-state index in [1.54, 1.807) is 24.4 Å². The Balaban J connectivity index is 2.11. The Morgan fingerprint density at radius 3 is 3.00 bits per heavy atom. The van der Waals surface area contributed by atoms with Crippen molar-refractivity contribution in [2.45, 2.75) is 13.0 Å². The van der Waals surface area contributed by atoms with Crippen LogP contribution in [0.2, 0.25) is 5.02 Å². The maximum atomic E-state index is 12.2. The molecular formula is C15H13ClN2O2S. The van der Waals surface area contributed by atoms with E-state index in [2.05, 4.69) is 22.1 Å². The van der Waals surface area contributed by atoms with Crippen molar-refractivity contribution < 1.29 is 9.90 Å². The highest BCUT2D eigenvalue weighted by Crippen LogP contribution is 2.19. The summed E-state index contributed by atoms with van der Waals surface area (Å²) in [5.41, 5.74) is 1.04. The summed E-state index contributed by atoms with van der Waals surface area (Å²) in [7, 11) is 0. The van der Waals surface area contributed by atoms with E-state index in [1.807, 2.05) is 12.3 Å². The second kappa shape index (κ2) is 7.23. The van der Waals surface area contributed by atoms with E-state index in [9.17, 15) is 4.79 Å². The van der Waals surface area contributed by atoms with Crippen molar-refractivity contribution in [1.82, 2.24) is 10.3 Å². The van der Waals surface area contributed by atoms with E-state index in [0.29, 0.717) is 16.1 Å². The molecule has 1 amide bonds. The van der Waals surface area contributed by atoms with Gasteiger partial charge in [-0.2, -0.15) is 0 Å². The number of aliphatic hydroxyl groups is 1. The Labute approximate surface area is 131 Å². The summed E-state index contributed by atoms with van der Waals surface area (Å²) in [5, 5.41) is 14.6. The molecule has 1 aromatic carbocycles. The molecule has 0 saturated carbocycles. The molecule has 2 aromatic rings. The number of halogens is 1. The van der Waals surface area contributed by atoms with Gasteiger partial charge in [-0.15, -0.1) is 11.3 Å². The molecule has 0 aliphatic carbocycles. The zero-order chi connectivity index (χ0) is 15.2. The number of carbonyl (C=O) groups excluding carboxylic acids is 1. The lowest BCUT2D eigenvalue weighted by Gasteiger charge is -2.11. The number of amides is 1. The molecule has 0 aliphatic heterocycles. The first-order valence-corrected chi connectivity index (χ1v) is 7.47. The minimum atomic E-state index is -0.232. The standard InChI is InChI=1S/C15H13ClN2O2S/c1-10(15-17-6-8-21-15)18-14(20)12-5-4-11(3-2-7-19)13(16)9-12/h4-6,8-10,19H,7H2,1H3,(H,18,20). The SMILES string of the molecule is CC(NC(=O)c1ccc(C#CCO)c(Cl)c1)c1nccs1. The molecule has 0 saturated heterocycles. The van der Waals surface area contributed by atoms with E-state index in [1.165, 1.54) is 11.3 Å². The fourth-order valence-corrected chi connectivity index (χ4v) is 2.56. The molecule has 1 atom stereocenters. The number of rotatable bonds is 3. The van der Waals surface area contributed by atoms with Gasteiger partial charge in [0, 0.05) is 22.7 Å². The van der Waals surface area contributed by atoms with Crippen LogP contribution in [0.1, 0.15) is 33.9 Å². The van der Waals surface area contributed by atoms with Crippen molar-refractivity contribution in [2.24, 2.45) is 0 Å². The highest BCUT2D eigenvalue weighted by atomic mass is 35.5. The van der Waals surface area contributed by atoms with Gasteiger partial charge in [0.2, 0.25) is 0 Å². The minimum absolute atomic E-state index is 0.162. The molecule has 21 heavy (non-hydrogen) atoms. The molecule has 0 bridgehead atoms. The molecule has 1 heterocycles. The number of thiazole rings is 1. The number of nitrogens with zero attached hydrogens (tertiary/aromatic N) is 1. The zero-order valence-electron chi connectivity index (χ0n) is 11.3. The van der Waals surface area contributed by atoms with Crippen LogP contribution in [-0.4, -0.2) is 22.6 Å². The number of carbonyl (C=O) groups is 1. The summed E-state index contributed by atoms with van der Waals surface area (Å²) in [6.07, 6.45) is 1.70. The van der Waals surface area contributed by atoms with Gasteiger partial charge in [-0.25, -0.2) is 4.98 Å². The van der Waals surface area contributed by atoms with Crippen LogP contribution in [0.15, 0.2) is 29.8 Å². The van der Waals surface area contributed by atoms with Crippen LogP contribution in [0.3, 0.4) is 0 Å². The zero-order valence-corrected chi connectivity index (χ0v) is 12.8. The Bertz CT molecular complexity index is 689. The lowest BCUT2D eigenvalue weighted by atomic mass is 10.1. The van der Waals surface area contributed by atoms with E-state index in [4.69, 9.17) is 16.7 Å². The van der Waals surface area contributed by atoms with Crippen LogP contribution in [0.5, 0.6) is 0 Å². The van der Waals surface area contributed by atoms with Gasteiger partial charge in [-0.05, 0) is 25.1 Å². The quantitative estimate of drug-likeness (QED) is 0.855. The largest absolute Gasteiger partial charge is 0.384 e. The maximum absolute atomic E-state index is 12.2. The minimum Gasteiger partial charge on any atom is -0.384 e. The summed E-state index contributed by atoms with van der Waals surface area (Å²) in [4.78, 5) is 16.3. The van der Waals surface area contributed by atoms with Crippen LogP contribution in [0.4, 0.5) is 0 Å². The Hall–Kier alpha value is -1.87. The van der Waals surface area contributed by atoms with Gasteiger partial charge in [0.1, 0.15) is 11.6 Å². The molecule has 6 heteroatoms. The van der Waals surface area contributed by atoms with Gasteiger partial charge in [-0.3, -0.25) is 4.79 Å². The molecule has 1 unspecified atom stereocenters. The summed E-state index contributed by atoms with van der Waals surface area (Å²) >= 11 is 7.56. The van der Waals surface area contributed by atoms with Gasteiger partial charge in [0.15, 0.2) is 0 Å². The van der Waals surface area contributed by atoms with Crippen molar-refractivity contribution >= 4 is 28.8 Å². The van der Waals surface area contributed by atoms with Crippen molar-refractivity contribution in [2.75, 3.05) is 6.61 Å². The fourth-order valence-electron chi connectivity index (χ4n) is 1.68. The predicted octanol–water partition coefficient (Wildman–Crippen LogP) is 2.63. The second-order valence-corrected chi connectivity index (χ2v) is 5.55. The first-order valence-electron chi connectivity index (χ1n) is 6.21. The Morgan fingerprint density at radius 1 is 1.57 bits per heavy atom. The van der Waals surface area contributed by atoms with Crippen molar-refractivity contribution in [3.63, 3.8) is 0 Å². The maximum Gasteiger partial charge on any atom is 0.251 e. The number of hydrogen-bond donors (Lipinski definition) is 2. The van der Waals surface area contributed by atoms with Gasteiger partial charge >= 0.3 is 0 Å². The molecule has 2 rings (SSSR count). The lowest BCUT2D eigenvalue weighted by Crippen LogP contribution is -2.26. The van der Waals surface area contributed by atoms with Gasteiger partial charge in [0.25, 0.3) is 5.91 Å². The molecule has 2 N–H and O–H groups in total. The first kappa shape index (κ1) is 15.5. The van der Waals surface area contributed by atoms with Gasteiger partial charge in [0.05, 0.1) is 11.1 Å². The number of aromatic nitrogens is 1.